The maximum atomic E-state index is 10.5. The van der Waals surface area contributed by atoms with Crippen molar-refractivity contribution >= 4 is 11.7 Å². The van der Waals surface area contributed by atoms with Crippen molar-refractivity contribution < 1.29 is 9.90 Å². The number of carbonyl (C=O) groups is 1. The van der Waals surface area contributed by atoms with E-state index in [0.717, 1.165) is 25.2 Å². The van der Waals surface area contributed by atoms with E-state index in [9.17, 15) is 4.79 Å². The summed E-state index contributed by atoms with van der Waals surface area (Å²) in [4.78, 5) is 12.8. The highest BCUT2D eigenvalue weighted by molar-refractivity contribution is 5.73. The van der Waals surface area contributed by atoms with Gasteiger partial charge in [-0.25, -0.2) is 0 Å². The predicted molar refractivity (Wildman–Crippen MR) is 62.6 cm³/mol. The molecule has 1 aromatic rings. The molecule has 2 rings (SSSR count). The third-order valence-electron chi connectivity index (χ3n) is 2.89. The molecule has 0 amide bonds. The summed E-state index contributed by atoms with van der Waals surface area (Å²) in [6.07, 6.45) is 1.04. The Morgan fingerprint density at radius 1 is 1.56 bits per heavy atom. The molecular weight excluding hydrogens is 204 g/mol. The summed E-state index contributed by atoms with van der Waals surface area (Å²) < 4.78 is 0. The van der Waals surface area contributed by atoms with E-state index in [2.05, 4.69) is 23.3 Å². The van der Waals surface area contributed by atoms with Gasteiger partial charge in [0.25, 0.3) is 0 Å². The van der Waals surface area contributed by atoms with Crippen LogP contribution in [-0.4, -0.2) is 36.1 Å². The maximum absolute atomic E-state index is 10.5. The summed E-state index contributed by atoms with van der Waals surface area (Å²) in [6.45, 7) is 1.92. The van der Waals surface area contributed by atoms with Crippen molar-refractivity contribution in [1.82, 2.24) is 4.90 Å². The first-order valence-corrected chi connectivity index (χ1v) is 5.42. The van der Waals surface area contributed by atoms with Gasteiger partial charge < -0.3 is 15.3 Å². The standard InChI is InChI=1S/C12H16N2O2/c1-14-6-5-9-3-2-4-11(10(9)8-14)13-7-12(15)16/h2-4,13H,5-8H2,1H3,(H,15,16). The molecule has 4 heteroatoms. The Hall–Kier alpha value is -1.55. The lowest BCUT2D eigenvalue weighted by molar-refractivity contribution is -0.134. The van der Waals surface area contributed by atoms with E-state index in [1.165, 1.54) is 11.1 Å². The number of hydrogen-bond donors (Lipinski definition) is 2. The molecule has 4 nitrogen and oxygen atoms in total. The minimum atomic E-state index is -0.832. The highest BCUT2D eigenvalue weighted by Crippen LogP contribution is 2.25. The van der Waals surface area contributed by atoms with Crippen LogP contribution in [0.15, 0.2) is 18.2 Å². The number of likely N-dealkylation sites (N-methyl/N-ethyl adjacent to an activating group) is 1. The molecule has 0 spiro atoms. The normalized spacial score (nSPS) is 15.6. The zero-order valence-electron chi connectivity index (χ0n) is 9.36. The number of benzene rings is 1. The van der Waals surface area contributed by atoms with Gasteiger partial charge in [0.2, 0.25) is 0 Å². The SMILES string of the molecule is CN1CCc2cccc(NCC(=O)O)c2C1. The van der Waals surface area contributed by atoms with Gasteiger partial charge in [0.05, 0.1) is 0 Å². The number of fused-ring (bicyclic) bond motifs is 1. The molecule has 0 radical (unpaired) electrons. The van der Waals surface area contributed by atoms with Crippen LogP contribution in [0, 0.1) is 0 Å². The number of rotatable bonds is 3. The molecule has 1 aliphatic heterocycles. The topological polar surface area (TPSA) is 52.6 Å². The van der Waals surface area contributed by atoms with Crippen molar-refractivity contribution in [2.75, 3.05) is 25.5 Å². The summed E-state index contributed by atoms with van der Waals surface area (Å²) in [5, 5.41) is 11.6. The minimum Gasteiger partial charge on any atom is -0.480 e. The molecule has 0 aromatic heterocycles. The van der Waals surface area contributed by atoms with E-state index in [-0.39, 0.29) is 6.54 Å². The number of anilines is 1. The predicted octanol–water partition coefficient (Wildman–Crippen LogP) is 1.17. The van der Waals surface area contributed by atoms with Crippen molar-refractivity contribution in [2.45, 2.75) is 13.0 Å². The molecule has 16 heavy (non-hydrogen) atoms. The fourth-order valence-corrected chi connectivity index (χ4v) is 2.05. The van der Waals surface area contributed by atoms with Gasteiger partial charge in [-0.1, -0.05) is 12.1 Å². The Balaban J connectivity index is 2.21. The quantitative estimate of drug-likeness (QED) is 0.803. The summed E-state index contributed by atoms with van der Waals surface area (Å²) in [6, 6.07) is 6.05. The lowest BCUT2D eigenvalue weighted by Gasteiger charge is -2.27. The highest BCUT2D eigenvalue weighted by Gasteiger charge is 2.16. The zero-order chi connectivity index (χ0) is 11.5. The van der Waals surface area contributed by atoms with Gasteiger partial charge in [-0.15, -0.1) is 0 Å². The van der Waals surface area contributed by atoms with Gasteiger partial charge in [-0.3, -0.25) is 4.79 Å². The highest BCUT2D eigenvalue weighted by atomic mass is 16.4. The Bertz CT molecular complexity index is 404. The molecular formula is C12H16N2O2. The lowest BCUT2D eigenvalue weighted by atomic mass is 9.98. The van der Waals surface area contributed by atoms with E-state index in [0.29, 0.717) is 0 Å². The van der Waals surface area contributed by atoms with Crippen LogP contribution in [0.25, 0.3) is 0 Å². The van der Waals surface area contributed by atoms with E-state index < -0.39 is 5.97 Å². The Kier molecular flexibility index (Phi) is 3.10. The fraction of sp³-hybridized carbons (Fsp3) is 0.417. The van der Waals surface area contributed by atoms with E-state index in [1.54, 1.807) is 0 Å². The molecule has 0 fully saturated rings. The summed E-state index contributed by atoms with van der Waals surface area (Å²) in [5.41, 5.74) is 3.51. The first kappa shape index (κ1) is 11.0. The van der Waals surface area contributed by atoms with E-state index >= 15 is 0 Å². The van der Waals surface area contributed by atoms with Crippen LogP contribution in [0.5, 0.6) is 0 Å². The van der Waals surface area contributed by atoms with Crippen LogP contribution in [0.3, 0.4) is 0 Å². The lowest BCUT2D eigenvalue weighted by Crippen LogP contribution is -2.27. The average molecular weight is 220 g/mol. The van der Waals surface area contributed by atoms with Crippen LogP contribution < -0.4 is 5.32 Å². The minimum absolute atomic E-state index is 0.0276. The van der Waals surface area contributed by atoms with Gasteiger partial charge in [-0.2, -0.15) is 0 Å². The van der Waals surface area contributed by atoms with Gasteiger partial charge in [0.15, 0.2) is 0 Å². The summed E-state index contributed by atoms with van der Waals surface area (Å²) in [7, 11) is 2.08. The number of carboxylic acids is 1. The molecule has 0 aliphatic carbocycles. The van der Waals surface area contributed by atoms with Crippen molar-refractivity contribution in [3.05, 3.63) is 29.3 Å². The van der Waals surface area contributed by atoms with Crippen molar-refractivity contribution in [1.29, 1.82) is 0 Å². The third-order valence-corrected chi connectivity index (χ3v) is 2.89. The van der Waals surface area contributed by atoms with Gasteiger partial charge in [0, 0.05) is 18.8 Å². The molecule has 1 heterocycles. The van der Waals surface area contributed by atoms with Gasteiger partial charge >= 0.3 is 5.97 Å². The first-order valence-electron chi connectivity index (χ1n) is 5.42. The van der Waals surface area contributed by atoms with Crippen molar-refractivity contribution in [3.8, 4) is 0 Å². The number of nitrogens with one attached hydrogen (secondary N) is 1. The average Bonchev–Trinajstić information content (AvgIpc) is 2.26. The zero-order valence-corrected chi connectivity index (χ0v) is 9.36. The third kappa shape index (κ3) is 2.33. The number of hydrogen-bond acceptors (Lipinski definition) is 3. The van der Waals surface area contributed by atoms with Crippen LogP contribution in [-0.2, 0) is 17.8 Å². The molecule has 1 aromatic carbocycles. The van der Waals surface area contributed by atoms with Crippen molar-refractivity contribution in [2.24, 2.45) is 0 Å². The Labute approximate surface area is 94.9 Å². The molecule has 0 unspecified atom stereocenters. The second-order valence-corrected chi connectivity index (χ2v) is 4.18. The number of aliphatic carboxylic acids is 1. The van der Waals surface area contributed by atoms with E-state index in [1.807, 2.05) is 12.1 Å². The first-order chi connectivity index (χ1) is 7.66. The number of carboxylic acid groups (broad SMARTS) is 1. The maximum Gasteiger partial charge on any atom is 0.322 e. The molecule has 0 saturated carbocycles. The van der Waals surface area contributed by atoms with Crippen LogP contribution in [0.2, 0.25) is 0 Å². The van der Waals surface area contributed by atoms with Crippen LogP contribution in [0.1, 0.15) is 11.1 Å². The second-order valence-electron chi connectivity index (χ2n) is 4.18. The smallest absolute Gasteiger partial charge is 0.322 e. The summed E-state index contributed by atoms with van der Waals surface area (Å²) in [5.74, 6) is -0.832. The molecule has 0 bridgehead atoms. The Morgan fingerprint density at radius 3 is 3.12 bits per heavy atom. The molecule has 1 aliphatic rings. The largest absolute Gasteiger partial charge is 0.480 e. The van der Waals surface area contributed by atoms with Gasteiger partial charge in [-0.05, 0) is 30.7 Å². The molecule has 2 N–H and O–H groups in total. The van der Waals surface area contributed by atoms with E-state index in [4.69, 9.17) is 5.11 Å². The second kappa shape index (κ2) is 4.53. The molecule has 0 saturated heterocycles. The molecule has 0 atom stereocenters. The molecule has 86 valence electrons. The number of nitrogens with zero attached hydrogens (tertiary/aromatic N) is 1. The van der Waals surface area contributed by atoms with Crippen LogP contribution >= 0.6 is 0 Å². The monoisotopic (exact) mass is 220 g/mol. The Morgan fingerprint density at radius 2 is 2.38 bits per heavy atom. The van der Waals surface area contributed by atoms with Gasteiger partial charge in [0.1, 0.15) is 6.54 Å². The van der Waals surface area contributed by atoms with Crippen LogP contribution in [0.4, 0.5) is 5.69 Å². The summed E-state index contributed by atoms with van der Waals surface area (Å²) >= 11 is 0. The van der Waals surface area contributed by atoms with Crippen molar-refractivity contribution in [3.63, 3.8) is 0 Å². The fourth-order valence-electron chi connectivity index (χ4n) is 2.05.